The van der Waals surface area contributed by atoms with Gasteiger partial charge in [0.1, 0.15) is 5.82 Å². The highest BCUT2D eigenvalue weighted by atomic mass is 35.5. The summed E-state index contributed by atoms with van der Waals surface area (Å²) in [7, 11) is 0. The normalized spacial score (nSPS) is 18.7. The van der Waals surface area contributed by atoms with Gasteiger partial charge in [0.15, 0.2) is 0 Å². The van der Waals surface area contributed by atoms with Crippen LogP contribution in [0.5, 0.6) is 0 Å². The third kappa shape index (κ3) is 4.92. The van der Waals surface area contributed by atoms with Crippen molar-refractivity contribution < 1.29 is 23.9 Å². The fourth-order valence-corrected chi connectivity index (χ4v) is 3.71. The van der Waals surface area contributed by atoms with Gasteiger partial charge in [0, 0.05) is 5.69 Å². The van der Waals surface area contributed by atoms with Gasteiger partial charge >= 0.3 is 5.97 Å². The molecule has 1 fully saturated rings. The molecule has 0 saturated heterocycles. The maximum absolute atomic E-state index is 13.3. The van der Waals surface area contributed by atoms with Crippen molar-refractivity contribution in [2.75, 3.05) is 10.6 Å². The quantitative estimate of drug-likeness (QED) is 0.663. The van der Waals surface area contributed by atoms with Gasteiger partial charge in [0.25, 0.3) is 5.91 Å². The number of halogens is 2. The van der Waals surface area contributed by atoms with Crippen LogP contribution in [0.1, 0.15) is 36.0 Å². The lowest BCUT2D eigenvalue weighted by molar-refractivity contribution is -0.147. The summed E-state index contributed by atoms with van der Waals surface area (Å²) in [6, 6.07) is 10.2. The van der Waals surface area contributed by atoms with E-state index in [1.165, 1.54) is 18.2 Å². The molecular weight excluding hydrogens is 399 g/mol. The molecule has 3 rings (SSSR count). The van der Waals surface area contributed by atoms with Crippen LogP contribution in [0.15, 0.2) is 42.5 Å². The zero-order chi connectivity index (χ0) is 21.0. The van der Waals surface area contributed by atoms with Crippen molar-refractivity contribution in [3.8, 4) is 0 Å². The van der Waals surface area contributed by atoms with Crippen LogP contribution in [0.4, 0.5) is 15.8 Å². The maximum Gasteiger partial charge on any atom is 0.307 e. The molecule has 1 saturated carbocycles. The van der Waals surface area contributed by atoms with Crippen LogP contribution in [-0.4, -0.2) is 22.9 Å². The largest absolute Gasteiger partial charge is 0.481 e. The van der Waals surface area contributed by atoms with Crippen molar-refractivity contribution in [1.29, 1.82) is 0 Å². The van der Waals surface area contributed by atoms with E-state index in [1.807, 2.05) is 0 Å². The van der Waals surface area contributed by atoms with Crippen molar-refractivity contribution in [3.63, 3.8) is 0 Å². The Morgan fingerprint density at radius 3 is 2.38 bits per heavy atom. The number of aliphatic carboxylic acids is 1. The molecule has 29 heavy (non-hydrogen) atoms. The number of carboxylic acid groups (broad SMARTS) is 1. The smallest absolute Gasteiger partial charge is 0.307 e. The van der Waals surface area contributed by atoms with E-state index in [2.05, 4.69) is 10.6 Å². The first-order valence-corrected chi connectivity index (χ1v) is 9.63. The SMILES string of the molecule is O=C(Nc1ccc(F)c(Cl)c1)c1ccccc1NC(=O)[C@H]1CCCC[C@H]1C(=O)O. The van der Waals surface area contributed by atoms with Crippen LogP contribution in [0.2, 0.25) is 5.02 Å². The summed E-state index contributed by atoms with van der Waals surface area (Å²) in [5, 5.41) is 14.6. The molecule has 3 N–H and O–H groups in total. The van der Waals surface area contributed by atoms with Crippen molar-refractivity contribution in [2.45, 2.75) is 25.7 Å². The van der Waals surface area contributed by atoms with Crippen LogP contribution in [0.25, 0.3) is 0 Å². The summed E-state index contributed by atoms with van der Waals surface area (Å²) in [5.74, 6) is -3.88. The van der Waals surface area contributed by atoms with Crippen molar-refractivity contribution in [2.24, 2.45) is 11.8 Å². The Kier molecular flexibility index (Phi) is 6.49. The van der Waals surface area contributed by atoms with Gasteiger partial charge in [-0.1, -0.05) is 36.6 Å². The Morgan fingerprint density at radius 1 is 1.00 bits per heavy atom. The molecule has 1 aliphatic rings. The number of para-hydroxylation sites is 1. The molecule has 2 atom stereocenters. The summed E-state index contributed by atoms with van der Waals surface area (Å²) < 4.78 is 13.3. The van der Waals surface area contributed by atoms with Crippen molar-refractivity contribution >= 4 is 40.8 Å². The number of amides is 2. The Balaban J connectivity index is 1.77. The number of anilines is 2. The molecule has 152 valence electrons. The van der Waals surface area contributed by atoms with E-state index in [9.17, 15) is 23.9 Å². The first-order chi connectivity index (χ1) is 13.9. The molecule has 0 aromatic heterocycles. The maximum atomic E-state index is 13.3. The number of carbonyl (C=O) groups excluding carboxylic acids is 2. The minimum atomic E-state index is -0.982. The second-order valence-electron chi connectivity index (χ2n) is 6.95. The van der Waals surface area contributed by atoms with Crippen LogP contribution in [0, 0.1) is 17.7 Å². The zero-order valence-corrected chi connectivity index (χ0v) is 16.2. The van der Waals surface area contributed by atoms with Gasteiger partial charge in [-0.25, -0.2) is 4.39 Å². The van der Waals surface area contributed by atoms with Crippen LogP contribution in [-0.2, 0) is 9.59 Å². The molecule has 0 heterocycles. The molecule has 0 unspecified atom stereocenters. The monoisotopic (exact) mass is 418 g/mol. The molecular formula is C21H20ClFN2O4. The molecule has 2 amide bonds. The highest BCUT2D eigenvalue weighted by Crippen LogP contribution is 2.32. The zero-order valence-electron chi connectivity index (χ0n) is 15.5. The van der Waals surface area contributed by atoms with Gasteiger partial charge in [-0.15, -0.1) is 0 Å². The number of carbonyl (C=O) groups is 3. The van der Waals surface area contributed by atoms with Gasteiger partial charge in [-0.3, -0.25) is 14.4 Å². The predicted octanol–water partition coefficient (Wildman–Crippen LogP) is 4.56. The van der Waals surface area contributed by atoms with E-state index in [1.54, 1.807) is 18.2 Å². The predicted molar refractivity (Wildman–Crippen MR) is 108 cm³/mol. The van der Waals surface area contributed by atoms with E-state index in [-0.39, 0.29) is 16.3 Å². The molecule has 6 nitrogen and oxygen atoms in total. The lowest BCUT2D eigenvalue weighted by Gasteiger charge is -2.27. The van der Waals surface area contributed by atoms with Gasteiger partial charge in [-0.2, -0.15) is 0 Å². The number of carboxylic acids is 1. The number of benzene rings is 2. The minimum absolute atomic E-state index is 0.124. The van der Waals surface area contributed by atoms with E-state index >= 15 is 0 Å². The third-order valence-electron chi connectivity index (χ3n) is 5.03. The number of nitrogens with one attached hydrogen (secondary N) is 2. The summed E-state index contributed by atoms with van der Waals surface area (Å²) >= 11 is 5.74. The van der Waals surface area contributed by atoms with Gasteiger partial charge < -0.3 is 15.7 Å². The average Bonchev–Trinajstić information content (AvgIpc) is 2.71. The van der Waals surface area contributed by atoms with Gasteiger partial charge in [-0.05, 0) is 43.2 Å². The summed E-state index contributed by atoms with van der Waals surface area (Å²) in [4.78, 5) is 36.9. The molecule has 1 aliphatic carbocycles. The lowest BCUT2D eigenvalue weighted by Crippen LogP contribution is -2.36. The fourth-order valence-electron chi connectivity index (χ4n) is 3.53. The summed E-state index contributed by atoms with van der Waals surface area (Å²) in [6.07, 6.45) is 2.52. The number of hydrogen-bond donors (Lipinski definition) is 3. The molecule has 2 aromatic carbocycles. The number of rotatable bonds is 5. The molecule has 8 heteroatoms. The van der Waals surface area contributed by atoms with E-state index in [4.69, 9.17) is 11.6 Å². The first-order valence-electron chi connectivity index (χ1n) is 9.26. The van der Waals surface area contributed by atoms with Gasteiger partial charge in [0.05, 0.1) is 28.1 Å². The van der Waals surface area contributed by atoms with Crippen molar-refractivity contribution in [3.05, 3.63) is 58.9 Å². The Labute approximate surface area is 172 Å². The Morgan fingerprint density at radius 2 is 1.69 bits per heavy atom. The summed E-state index contributed by atoms with van der Waals surface area (Å²) in [5.41, 5.74) is 0.780. The highest BCUT2D eigenvalue weighted by molar-refractivity contribution is 6.31. The second kappa shape index (κ2) is 9.05. The van der Waals surface area contributed by atoms with E-state index in [0.29, 0.717) is 18.5 Å². The van der Waals surface area contributed by atoms with E-state index in [0.717, 1.165) is 18.9 Å². The third-order valence-corrected chi connectivity index (χ3v) is 5.32. The average molecular weight is 419 g/mol. The highest BCUT2D eigenvalue weighted by Gasteiger charge is 2.36. The molecule has 2 aromatic rings. The first kappa shape index (κ1) is 20.8. The molecule has 0 radical (unpaired) electrons. The molecule has 0 bridgehead atoms. The Bertz CT molecular complexity index is 950. The van der Waals surface area contributed by atoms with Gasteiger partial charge in [0.2, 0.25) is 5.91 Å². The van der Waals surface area contributed by atoms with Crippen LogP contribution >= 0.6 is 11.6 Å². The standard InChI is InChI=1S/C21H20ClFN2O4/c22-16-11-12(9-10-17(16)23)24-20(27)15-7-3-4-8-18(15)25-19(26)13-5-1-2-6-14(13)21(28)29/h3-4,7-11,13-14H,1-2,5-6H2,(H,24,27)(H,25,26)(H,28,29)/t13-,14+/m0/s1. The minimum Gasteiger partial charge on any atom is -0.481 e. The van der Waals surface area contributed by atoms with E-state index < -0.39 is 35.4 Å². The molecule has 0 aliphatic heterocycles. The number of hydrogen-bond acceptors (Lipinski definition) is 3. The van der Waals surface area contributed by atoms with Crippen LogP contribution < -0.4 is 10.6 Å². The fraction of sp³-hybridized carbons (Fsp3) is 0.286. The Hall–Kier alpha value is -2.93. The topological polar surface area (TPSA) is 95.5 Å². The second-order valence-corrected chi connectivity index (χ2v) is 7.36. The van der Waals surface area contributed by atoms with Crippen molar-refractivity contribution in [1.82, 2.24) is 0 Å². The summed E-state index contributed by atoms with van der Waals surface area (Å²) in [6.45, 7) is 0. The van der Waals surface area contributed by atoms with Crippen LogP contribution in [0.3, 0.4) is 0 Å². The molecule has 0 spiro atoms. The lowest BCUT2D eigenvalue weighted by atomic mass is 9.78.